The predicted molar refractivity (Wildman–Crippen MR) is 78.3 cm³/mol. The van der Waals surface area contributed by atoms with Gasteiger partial charge in [0, 0.05) is 10.0 Å². The normalized spacial score (nSPS) is 13.2. The van der Waals surface area contributed by atoms with Crippen molar-refractivity contribution in [1.29, 1.82) is 10.7 Å². The van der Waals surface area contributed by atoms with Crippen LogP contribution in [-0.2, 0) is 6.54 Å². The van der Waals surface area contributed by atoms with Crippen molar-refractivity contribution in [2.45, 2.75) is 6.54 Å². The minimum Gasteiger partial charge on any atom is -0.321 e. The van der Waals surface area contributed by atoms with Crippen molar-refractivity contribution in [3.8, 4) is 6.07 Å². The molecule has 0 fully saturated rings. The Kier molecular flexibility index (Phi) is 3.03. The summed E-state index contributed by atoms with van der Waals surface area (Å²) < 4.78 is 14.1. The van der Waals surface area contributed by atoms with E-state index in [-0.39, 0.29) is 11.7 Å². The van der Waals surface area contributed by atoms with E-state index in [9.17, 15) is 9.65 Å². The van der Waals surface area contributed by atoms with E-state index in [0.717, 1.165) is 10.0 Å². The number of amidine groups is 1. The first-order valence-electron chi connectivity index (χ1n) is 5.94. The second-order valence-corrected chi connectivity index (χ2v) is 5.43. The number of rotatable bonds is 1. The highest BCUT2D eigenvalue weighted by Gasteiger charge is 2.27. The highest BCUT2D eigenvalue weighted by molar-refractivity contribution is 9.10. The molecule has 3 rings (SSSR count). The Labute approximate surface area is 123 Å². The van der Waals surface area contributed by atoms with Crippen LogP contribution in [0.1, 0.15) is 16.7 Å². The van der Waals surface area contributed by atoms with Gasteiger partial charge in [-0.25, -0.2) is 4.39 Å². The Hall–Kier alpha value is -2.19. The van der Waals surface area contributed by atoms with Gasteiger partial charge >= 0.3 is 0 Å². The second kappa shape index (κ2) is 4.73. The fourth-order valence-electron chi connectivity index (χ4n) is 2.34. The van der Waals surface area contributed by atoms with Crippen molar-refractivity contribution in [3.63, 3.8) is 0 Å². The number of nitrogens with one attached hydrogen (secondary N) is 1. The van der Waals surface area contributed by atoms with Crippen molar-refractivity contribution in [3.05, 3.63) is 63.4 Å². The Balaban J connectivity index is 2.07. The monoisotopic (exact) mass is 329 g/mol. The molecule has 0 spiro atoms. The maximum Gasteiger partial charge on any atom is 0.133 e. The molecule has 0 saturated heterocycles. The summed E-state index contributed by atoms with van der Waals surface area (Å²) in [7, 11) is 0. The van der Waals surface area contributed by atoms with Crippen molar-refractivity contribution >= 4 is 27.5 Å². The lowest BCUT2D eigenvalue weighted by molar-refractivity contribution is 0.627. The number of nitrogens with zero attached hydrogens (tertiary/aromatic N) is 2. The van der Waals surface area contributed by atoms with Gasteiger partial charge in [0.05, 0.1) is 17.8 Å². The topological polar surface area (TPSA) is 50.9 Å². The maximum atomic E-state index is 13.3. The van der Waals surface area contributed by atoms with Crippen LogP contribution in [0.15, 0.2) is 40.9 Å². The summed E-state index contributed by atoms with van der Waals surface area (Å²) in [5, 5.41) is 17.4. The molecule has 0 amide bonds. The third-order valence-electron chi connectivity index (χ3n) is 3.30. The van der Waals surface area contributed by atoms with Crippen LogP contribution in [0.4, 0.5) is 10.1 Å². The summed E-state index contributed by atoms with van der Waals surface area (Å²) in [5.41, 5.74) is 2.62. The van der Waals surface area contributed by atoms with Gasteiger partial charge in [-0.3, -0.25) is 5.41 Å². The first-order chi connectivity index (χ1) is 9.60. The lowest BCUT2D eigenvalue weighted by Gasteiger charge is -2.19. The average Bonchev–Trinajstić information content (AvgIpc) is 2.76. The fourth-order valence-corrected chi connectivity index (χ4v) is 2.70. The molecule has 0 radical (unpaired) electrons. The zero-order chi connectivity index (χ0) is 14.3. The molecule has 0 saturated carbocycles. The Morgan fingerprint density at radius 2 is 2.05 bits per heavy atom. The minimum absolute atomic E-state index is 0.221. The third-order valence-corrected chi connectivity index (χ3v) is 3.79. The van der Waals surface area contributed by atoms with E-state index < -0.39 is 0 Å². The molecule has 1 aliphatic heterocycles. The number of anilines is 1. The summed E-state index contributed by atoms with van der Waals surface area (Å²) >= 11 is 3.33. The zero-order valence-electron chi connectivity index (χ0n) is 10.3. The Bertz CT molecular complexity index is 764. The largest absolute Gasteiger partial charge is 0.321 e. The number of benzene rings is 2. The molecule has 98 valence electrons. The molecule has 2 aromatic rings. The first kappa shape index (κ1) is 12.8. The number of fused-ring (bicyclic) bond motifs is 1. The Morgan fingerprint density at radius 1 is 1.25 bits per heavy atom. The van der Waals surface area contributed by atoms with Crippen LogP contribution >= 0.6 is 15.9 Å². The molecule has 0 unspecified atom stereocenters. The van der Waals surface area contributed by atoms with Crippen molar-refractivity contribution < 1.29 is 4.39 Å². The molecule has 0 aromatic heterocycles. The molecule has 2 aromatic carbocycles. The van der Waals surface area contributed by atoms with E-state index in [1.54, 1.807) is 23.1 Å². The van der Waals surface area contributed by atoms with E-state index in [4.69, 9.17) is 5.41 Å². The number of nitriles is 1. The average molecular weight is 330 g/mol. The molecular weight excluding hydrogens is 321 g/mol. The van der Waals surface area contributed by atoms with Crippen LogP contribution in [0, 0.1) is 22.6 Å². The van der Waals surface area contributed by atoms with Gasteiger partial charge in [-0.15, -0.1) is 0 Å². The van der Waals surface area contributed by atoms with Crippen molar-refractivity contribution in [1.82, 2.24) is 0 Å². The summed E-state index contributed by atoms with van der Waals surface area (Å²) in [6, 6.07) is 11.9. The maximum absolute atomic E-state index is 13.3. The van der Waals surface area contributed by atoms with E-state index in [2.05, 4.69) is 22.0 Å². The molecule has 5 heteroatoms. The lowest BCUT2D eigenvalue weighted by Crippen LogP contribution is -2.24. The van der Waals surface area contributed by atoms with Crippen LogP contribution in [0.2, 0.25) is 0 Å². The molecular formula is C15H9BrFN3. The van der Waals surface area contributed by atoms with Gasteiger partial charge in [-0.2, -0.15) is 5.26 Å². The van der Waals surface area contributed by atoms with Crippen LogP contribution in [-0.4, -0.2) is 5.84 Å². The van der Waals surface area contributed by atoms with E-state index in [0.29, 0.717) is 23.4 Å². The molecule has 20 heavy (non-hydrogen) atoms. The van der Waals surface area contributed by atoms with Gasteiger partial charge in [0.1, 0.15) is 17.7 Å². The molecule has 0 bridgehead atoms. The Morgan fingerprint density at radius 3 is 2.80 bits per heavy atom. The summed E-state index contributed by atoms with van der Waals surface area (Å²) in [6.45, 7) is 0.477. The van der Waals surface area contributed by atoms with Crippen LogP contribution < -0.4 is 4.90 Å². The number of hydrogen-bond donors (Lipinski definition) is 1. The number of hydrogen-bond acceptors (Lipinski definition) is 2. The fraction of sp³-hybridized carbons (Fsp3) is 0.0667. The molecule has 0 atom stereocenters. The van der Waals surface area contributed by atoms with Gasteiger partial charge < -0.3 is 4.90 Å². The molecule has 1 heterocycles. The van der Waals surface area contributed by atoms with Crippen molar-refractivity contribution in [2.75, 3.05) is 4.90 Å². The van der Waals surface area contributed by atoms with Crippen LogP contribution in [0.25, 0.3) is 0 Å². The smallest absolute Gasteiger partial charge is 0.133 e. The lowest BCUT2D eigenvalue weighted by atomic mass is 10.1. The summed E-state index contributed by atoms with van der Waals surface area (Å²) in [5.74, 6) is -0.134. The number of halogens is 2. The molecule has 1 N–H and O–H groups in total. The third kappa shape index (κ3) is 1.98. The minimum atomic E-state index is -0.355. The standard InChI is InChI=1S/C15H9BrFN3/c16-11-2-4-14(10(5-11)7-18)20-8-9-1-3-12(17)6-13(9)15(20)19/h1-6,19H,8H2. The quantitative estimate of drug-likeness (QED) is 0.864. The summed E-state index contributed by atoms with van der Waals surface area (Å²) in [4.78, 5) is 1.72. The molecule has 0 aliphatic carbocycles. The van der Waals surface area contributed by atoms with E-state index >= 15 is 0 Å². The van der Waals surface area contributed by atoms with Gasteiger partial charge in [0.2, 0.25) is 0 Å². The zero-order valence-corrected chi connectivity index (χ0v) is 11.9. The predicted octanol–water partition coefficient (Wildman–Crippen LogP) is 3.81. The van der Waals surface area contributed by atoms with Gasteiger partial charge in [-0.1, -0.05) is 22.0 Å². The second-order valence-electron chi connectivity index (χ2n) is 4.51. The van der Waals surface area contributed by atoms with Crippen molar-refractivity contribution in [2.24, 2.45) is 0 Å². The molecule has 1 aliphatic rings. The van der Waals surface area contributed by atoms with E-state index in [1.807, 2.05) is 6.07 Å². The van der Waals surface area contributed by atoms with Gasteiger partial charge in [-0.05, 0) is 35.9 Å². The van der Waals surface area contributed by atoms with E-state index in [1.165, 1.54) is 12.1 Å². The molecule has 3 nitrogen and oxygen atoms in total. The first-order valence-corrected chi connectivity index (χ1v) is 6.74. The van der Waals surface area contributed by atoms with Crippen LogP contribution in [0.3, 0.4) is 0 Å². The van der Waals surface area contributed by atoms with Crippen LogP contribution in [0.5, 0.6) is 0 Å². The van der Waals surface area contributed by atoms with Gasteiger partial charge in [0.25, 0.3) is 0 Å². The van der Waals surface area contributed by atoms with Gasteiger partial charge in [0.15, 0.2) is 0 Å². The highest BCUT2D eigenvalue weighted by Crippen LogP contribution is 2.32. The highest BCUT2D eigenvalue weighted by atomic mass is 79.9. The summed E-state index contributed by atoms with van der Waals surface area (Å²) in [6.07, 6.45) is 0. The SMILES string of the molecule is N#Cc1cc(Br)ccc1N1Cc2ccc(F)cc2C1=N.